The minimum absolute atomic E-state index is 0.109. The van der Waals surface area contributed by atoms with E-state index in [0.29, 0.717) is 13.1 Å². The molecule has 1 aromatic carbocycles. The summed E-state index contributed by atoms with van der Waals surface area (Å²) in [6.45, 7) is 3.00. The Hall–Kier alpha value is -1.60. The number of hydrogen-bond donors (Lipinski definition) is 3. The van der Waals surface area contributed by atoms with Gasteiger partial charge in [0.15, 0.2) is 17.5 Å². The van der Waals surface area contributed by atoms with Gasteiger partial charge in [-0.1, -0.05) is 0 Å². The van der Waals surface area contributed by atoms with Crippen LogP contribution < -0.4 is 16.0 Å². The maximum atomic E-state index is 13.0. The van der Waals surface area contributed by atoms with E-state index in [0.717, 1.165) is 12.1 Å². The fraction of sp³-hybridized carbons (Fsp3) is 0.417. The molecular weight excluding hydrogens is 259 g/mol. The van der Waals surface area contributed by atoms with E-state index in [1.54, 1.807) is 0 Å². The van der Waals surface area contributed by atoms with Gasteiger partial charge in [0.1, 0.15) is 0 Å². The molecule has 1 heterocycles. The average Bonchev–Trinajstić information content (AvgIpc) is 2.36. The summed E-state index contributed by atoms with van der Waals surface area (Å²) in [5.74, 6) is -4.65. The van der Waals surface area contributed by atoms with Gasteiger partial charge in [-0.3, -0.25) is 4.79 Å². The van der Waals surface area contributed by atoms with E-state index in [2.05, 4.69) is 16.0 Å². The fourth-order valence-corrected chi connectivity index (χ4v) is 1.82. The molecule has 0 saturated carbocycles. The molecular formula is C12H14F3N3O. The molecule has 0 spiro atoms. The van der Waals surface area contributed by atoms with E-state index >= 15 is 0 Å². The zero-order chi connectivity index (χ0) is 14.0. The van der Waals surface area contributed by atoms with Crippen molar-refractivity contribution in [1.29, 1.82) is 0 Å². The number of benzene rings is 1. The highest BCUT2D eigenvalue weighted by Gasteiger charge is 2.23. The van der Waals surface area contributed by atoms with Gasteiger partial charge in [-0.05, 0) is 6.92 Å². The van der Waals surface area contributed by atoms with Gasteiger partial charge in [-0.25, -0.2) is 13.2 Å². The SMILES string of the molecule is CC1CNC(C(=O)Nc2cc(F)c(F)c(F)c2)CN1. The highest BCUT2D eigenvalue weighted by molar-refractivity contribution is 5.95. The molecule has 19 heavy (non-hydrogen) atoms. The second-order valence-electron chi connectivity index (χ2n) is 4.51. The first-order valence-electron chi connectivity index (χ1n) is 5.89. The Balaban J connectivity index is 2.03. The first-order valence-corrected chi connectivity index (χ1v) is 5.89. The highest BCUT2D eigenvalue weighted by atomic mass is 19.2. The van der Waals surface area contributed by atoms with Crippen LogP contribution >= 0.6 is 0 Å². The molecule has 2 atom stereocenters. The van der Waals surface area contributed by atoms with Gasteiger partial charge in [0.2, 0.25) is 5.91 Å². The Morgan fingerprint density at radius 1 is 1.21 bits per heavy atom. The molecule has 0 bridgehead atoms. The summed E-state index contributed by atoms with van der Waals surface area (Å²) in [4.78, 5) is 11.8. The number of hydrogen-bond acceptors (Lipinski definition) is 3. The number of carbonyl (C=O) groups is 1. The Labute approximate surface area is 108 Å². The topological polar surface area (TPSA) is 53.2 Å². The number of anilines is 1. The lowest BCUT2D eigenvalue weighted by Crippen LogP contribution is -2.57. The molecule has 1 saturated heterocycles. The molecule has 7 heteroatoms. The molecule has 2 rings (SSSR count). The van der Waals surface area contributed by atoms with Crippen LogP contribution in [0.4, 0.5) is 18.9 Å². The van der Waals surface area contributed by atoms with Crippen LogP contribution in [0.3, 0.4) is 0 Å². The largest absolute Gasteiger partial charge is 0.324 e. The molecule has 3 N–H and O–H groups in total. The van der Waals surface area contributed by atoms with E-state index in [9.17, 15) is 18.0 Å². The van der Waals surface area contributed by atoms with Crippen molar-refractivity contribution >= 4 is 11.6 Å². The molecule has 2 unspecified atom stereocenters. The molecule has 1 fully saturated rings. The van der Waals surface area contributed by atoms with E-state index in [4.69, 9.17) is 0 Å². The Morgan fingerprint density at radius 3 is 2.37 bits per heavy atom. The molecule has 4 nitrogen and oxygen atoms in total. The Bertz CT molecular complexity index is 464. The van der Waals surface area contributed by atoms with Gasteiger partial charge < -0.3 is 16.0 Å². The minimum atomic E-state index is -1.55. The molecule has 1 aromatic rings. The van der Waals surface area contributed by atoms with Gasteiger partial charge in [0.05, 0.1) is 6.04 Å². The number of piperazine rings is 1. The van der Waals surface area contributed by atoms with Crippen LogP contribution in [-0.2, 0) is 4.79 Å². The Morgan fingerprint density at radius 2 is 1.84 bits per heavy atom. The highest BCUT2D eigenvalue weighted by Crippen LogP contribution is 2.17. The summed E-state index contributed by atoms with van der Waals surface area (Å²) in [7, 11) is 0. The van der Waals surface area contributed by atoms with Crippen molar-refractivity contribution in [2.45, 2.75) is 19.0 Å². The van der Waals surface area contributed by atoms with Crippen molar-refractivity contribution < 1.29 is 18.0 Å². The first-order chi connectivity index (χ1) is 8.97. The fourth-order valence-electron chi connectivity index (χ4n) is 1.82. The first kappa shape index (κ1) is 13.8. The summed E-state index contributed by atoms with van der Waals surface area (Å²) >= 11 is 0. The van der Waals surface area contributed by atoms with Crippen molar-refractivity contribution in [3.8, 4) is 0 Å². The minimum Gasteiger partial charge on any atom is -0.324 e. The van der Waals surface area contributed by atoms with Crippen LogP contribution in [0.1, 0.15) is 6.92 Å². The normalized spacial score (nSPS) is 23.2. The lowest BCUT2D eigenvalue weighted by molar-refractivity contribution is -0.118. The average molecular weight is 273 g/mol. The van der Waals surface area contributed by atoms with E-state index in [1.807, 2.05) is 6.92 Å². The van der Waals surface area contributed by atoms with Crippen molar-refractivity contribution in [1.82, 2.24) is 10.6 Å². The predicted molar refractivity (Wildman–Crippen MR) is 64.2 cm³/mol. The maximum absolute atomic E-state index is 13.0. The van der Waals surface area contributed by atoms with Crippen molar-refractivity contribution in [3.05, 3.63) is 29.6 Å². The molecule has 1 amide bonds. The van der Waals surface area contributed by atoms with E-state index < -0.39 is 29.4 Å². The molecule has 104 valence electrons. The van der Waals surface area contributed by atoms with Gasteiger partial charge in [0.25, 0.3) is 0 Å². The maximum Gasteiger partial charge on any atom is 0.242 e. The Kier molecular flexibility index (Phi) is 4.06. The number of nitrogens with one attached hydrogen (secondary N) is 3. The summed E-state index contributed by atoms with van der Waals surface area (Å²) < 4.78 is 38.7. The predicted octanol–water partition coefficient (Wildman–Crippen LogP) is 0.992. The standard InChI is InChI=1S/C12H14F3N3O/c1-6-4-17-10(5-16-6)12(19)18-7-2-8(13)11(15)9(14)3-7/h2-3,6,10,16-17H,4-5H2,1H3,(H,18,19). The molecule has 0 radical (unpaired) electrons. The second-order valence-corrected chi connectivity index (χ2v) is 4.51. The lowest BCUT2D eigenvalue weighted by atomic mass is 10.1. The number of rotatable bonds is 2. The quantitative estimate of drug-likeness (QED) is 0.704. The number of amides is 1. The molecule has 0 aliphatic carbocycles. The van der Waals surface area contributed by atoms with Crippen LogP contribution in [0.2, 0.25) is 0 Å². The van der Waals surface area contributed by atoms with Crippen molar-refractivity contribution in [2.24, 2.45) is 0 Å². The monoisotopic (exact) mass is 273 g/mol. The van der Waals surface area contributed by atoms with Crippen LogP contribution in [0.15, 0.2) is 12.1 Å². The zero-order valence-corrected chi connectivity index (χ0v) is 10.3. The van der Waals surface area contributed by atoms with Crippen LogP contribution in [0.5, 0.6) is 0 Å². The number of carbonyl (C=O) groups excluding carboxylic acids is 1. The van der Waals surface area contributed by atoms with E-state index in [1.165, 1.54) is 0 Å². The number of halogens is 3. The smallest absolute Gasteiger partial charge is 0.242 e. The van der Waals surface area contributed by atoms with Gasteiger partial charge in [-0.15, -0.1) is 0 Å². The third-order valence-corrected chi connectivity index (χ3v) is 2.91. The third kappa shape index (κ3) is 3.24. The van der Waals surface area contributed by atoms with Crippen LogP contribution in [0.25, 0.3) is 0 Å². The van der Waals surface area contributed by atoms with Crippen LogP contribution in [-0.4, -0.2) is 31.1 Å². The summed E-state index contributed by atoms with van der Waals surface area (Å²) in [5.41, 5.74) is -0.109. The zero-order valence-electron chi connectivity index (χ0n) is 10.3. The van der Waals surface area contributed by atoms with Gasteiger partial charge in [0, 0.05) is 37.0 Å². The summed E-state index contributed by atoms with van der Waals surface area (Å²) in [6, 6.07) is 1.25. The van der Waals surface area contributed by atoms with Gasteiger partial charge >= 0.3 is 0 Å². The van der Waals surface area contributed by atoms with Crippen LogP contribution in [0, 0.1) is 17.5 Å². The molecule has 0 aromatic heterocycles. The van der Waals surface area contributed by atoms with Gasteiger partial charge in [-0.2, -0.15) is 0 Å². The third-order valence-electron chi connectivity index (χ3n) is 2.91. The summed E-state index contributed by atoms with van der Waals surface area (Å²) in [5, 5.41) is 8.44. The lowest BCUT2D eigenvalue weighted by Gasteiger charge is -2.28. The summed E-state index contributed by atoms with van der Waals surface area (Å²) in [6.07, 6.45) is 0. The molecule has 1 aliphatic heterocycles. The van der Waals surface area contributed by atoms with Crippen molar-refractivity contribution in [2.75, 3.05) is 18.4 Å². The second kappa shape index (κ2) is 5.58. The van der Waals surface area contributed by atoms with Crippen molar-refractivity contribution in [3.63, 3.8) is 0 Å². The molecule has 1 aliphatic rings. The van der Waals surface area contributed by atoms with E-state index in [-0.39, 0.29) is 11.7 Å².